The van der Waals surface area contributed by atoms with Crippen molar-refractivity contribution in [2.24, 2.45) is 5.92 Å². The zero-order chi connectivity index (χ0) is 9.26. The van der Waals surface area contributed by atoms with Crippen LogP contribution in [0.1, 0.15) is 0 Å². The molecule has 1 aliphatic heterocycles. The Balaban J connectivity index is 1.79. The molecule has 1 N–H and O–H groups in total. The molecule has 0 bridgehead atoms. The van der Waals surface area contributed by atoms with Gasteiger partial charge in [0.2, 0.25) is 0 Å². The van der Waals surface area contributed by atoms with Crippen molar-refractivity contribution in [1.82, 2.24) is 14.7 Å². The number of likely N-dealkylation sites (tertiary alicyclic amines) is 1. The molecule has 2 rings (SSSR count). The van der Waals surface area contributed by atoms with E-state index in [2.05, 4.69) is 5.10 Å². The van der Waals surface area contributed by atoms with Crippen LogP contribution in [0.2, 0.25) is 0 Å². The summed E-state index contributed by atoms with van der Waals surface area (Å²) in [6.45, 7) is 2.08. The molecule has 5 heteroatoms. The van der Waals surface area contributed by atoms with Crippen LogP contribution in [0, 0.1) is 5.92 Å². The highest BCUT2D eigenvalue weighted by atomic mass is 16.4. The lowest BCUT2D eigenvalue weighted by molar-refractivity contribution is 0.0732. The zero-order valence-electron chi connectivity index (χ0n) is 7.13. The summed E-state index contributed by atoms with van der Waals surface area (Å²) in [6.07, 6.45) is 2.80. The average Bonchev–Trinajstić information content (AvgIpc) is 2.46. The van der Waals surface area contributed by atoms with Gasteiger partial charge >= 0.3 is 6.09 Å². The van der Waals surface area contributed by atoms with E-state index in [-0.39, 0.29) is 0 Å². The molecule has 0 unspecified atom stereocenters. The standard InChI is InChI=1S/C8H11N3O2/c12-8(13)10-4-7(5-10)6-11-3-1-2-9-11/h1-3,7H,4-6H2,(H,12,13). The first kappa shape index (κ1) is 8.10. The molecule has 0 aliphatic carbocycles. The minimum atomic E-state index is -0.822. The van der Waals surface area contributed by atoms with Gasteiger partial charge in [0.1, 0.15) is 0 Å². The van der Waals surface area contributed by atoms with Crippen LogP contribution < -0.4 is 0 Å². The molecule has 0 saturated carbocycles. The van der Waals surface area contributed by atoms with Gasteiger partial charge in [0.15, 0.2) is 0 Å². The third-order valence-corrected chi connectivity index (χ3v) is 2.23. The first-order valence-corrected chi connectivity index (χ1v) is 4.21. The number of hydrogen-bond acceptors (Lipinski definition) is 2. The molecule has 13 heavy (non-hydrogen) atoms. The van der Waals surface area contributed by atoms with E-state index in [1.165, 1.54) is 4.90 Å². The van der Waals surface area contributed by atoms with E-state index in [0.717, 1.165) is 6.54 Å². The summed E-state index contributed by atoms with van der Waals surface area (Å²) in [5, 5.41) is 12.6. The molecular formula is C8H11N3O2. The molecule has 1 fully saturated rings. The van der Waals surface area contributed by atoms with E-state index in [1.807, 2.05) is 16.9 Å². The molecule has 0 radical (unpaired) electrons. The maximum Gasteiger partial charge on any atom is 0.407 e. The van der Waals surface area contributed by atoms with Gasteiger partial charge in [0.05, 0.1) is 0 Å². The normalized spacial score (nSPS) is 17.1. The maximum atomic E-state index is 10.4. The van der Waals surface area contributed by atoms with E-state index in [4.69, 9.17) is 5.11 Å². The van der Waals surface area contributed by atoms with Gasteiger partial charge in [-0.2, -0.15) is 5.10 Å². The second-order valence-electron chi connectivity index (χ2n) is 3.28. The van der Waals surface area contributed by atoms with Gasteiger partial charge in [-0.15, -0.1) is 0 Å². The monoisotopic (exact) mass is 181 g/mol. The maximum absolute atomic E-state index is 10.4. The van der Waals surface area contributed by atoms with Crippen molar-refractivity contribution >= 4 is 6.09 Å². The Bertz CT molecular complexity index is 290. The fraction of sp³-hybridized carbons (Fsp3) is 0.500. The third-order valence-electron chi connectivity index (χ3n) is 2.23. The second kappa shape index (κ2) is 3.08. The van der Waals surface area contributed by atoms with Crippen LogP contribution in [0.3, 0.4) is 0 Å². The van der Waals surface area contributed by atoms with Gasteiger partial charge < -0.3 is 10.0 Å². The highest BCUT2D eigenvalue weighted by Gasteiger charge is 2.30. The summed E-state index contributed by atoms with van der Waals surface area (Å²) >= 11 is 0. The lowest BCUT2D eigenvalue weighted by Crippen LogP contribution is -2.50. The van der Waals surface area contributed by atoms with Gasteiger partial charge in [0, 0.05) is 37.9 Å². The minimum Gasteiger partial charge on any atom is -0.465 e. The quantitative estimate of drug-likeness (QED) is 0.722. The summed E-state index contributed by atoms with van der Waals surface area (Å²) in [7, 11) is 0. The van der Waals surface area contributed by atoms with Gasteiger partial charge in [-0.05, 0) is 6.07 Å². The van der Waals surface area contributed by atoms with Crippen LogP contribution in [-0.4, -0.2) is 39.0 Å². The Kier molecular flexibility index (Phi) is 1.92. The molecule has 0 aromatic carbocycles. The van der Waals surface area contributed by atoms with Crippen molar-refractivity contribution in [3.05, 3.63) is 18.5 Å². The number of carbonyl (C=O) groups is 1. The van der Waals surface area contributed by atoms with E-state index >= 15 is 0 Å². The number of nitrogens with zero attached hydrogens (tertiary/aromatic N) is 3. The first-order chi connectivity index (χ1) is 6.25. The summed E-state index contributed by atoms with van der Waals surface area (Å²) in [5.41, 5.74) is 0. The van der Waals surface area contributed by atoms with Gasteiger partial charge in [-0.3, -0.25) is 4.68 Å². The smallest absolute Gasteiger partial charge is 0.407 e. The topological polar surface area (TPSA) is 58.4 Å². The van der Waals surface area contributed by atoms with Crippen LogP contribution in [0.25, 0.3) is 0 Å². The molecule has 1 amide bonds. The highest BCUT2D eigenvalue weighted by molar-refractivity contribution is 5.65. The summed E-state index contributed by atoms with van der Waals surface area (Å²) in [6, 6.07) is 1.87. The van der Waals surface area contributed by atoms with Crippen LogP contribution >= 0.6 is 0 Å². The number of hydrogen-bond donors (Lipinski definition) is 1. The number of aromatic nitrogens is 2. The van der Waals surface area contributed by atoms with Crippen LogP contribution in [0.5, 0.6) is 0 Å². The fourth-order valence-electron chi connectivity index (χ4n) is 1.51. The Morgan fingerprint density at radius 2 is 2.38 bits per heavy atom. The van der Waals surface area contributed by atoms with E-state index < -0.39 is 6.09 Å². The Morgan fingerprint density at radius 3 is 2.92 bits per heavy atom. The second-order valence-corrected chi connectivity index (χ2v) is 3.28. The predicted octanol–water partition coefficient (Wildman–Crippen LogP) is 0.493. The SMILES string of the molecule is O=C(O)N1CC(Cn2cccn2)C1. The van der Waals surface area contributed by atoms with Crippen molar-refractivity contribution in [3.63, 3.8) is 0 Å². The van der Waals surface area contributed by atoms with Crippen LogP contribution in [0.15, 0.2) is 18.5 Å². The summed E-state index contributed by atoms with van der Waals surface area (Å²) < 4.78 is 1.84. The molecule has 1 aromatic heterocycles. The van der Waals surface area contributed by atoms with E-state index in [9.17, 15) is 4.79 Å². The van der Waals surface area contributed by atoms with Gasteiger partial charge in [-0.1, -0.05) is 0 Å². The molecular weight excluding hydrogens is 170 g/mol. The number of amides is 1. The third kappa shape index (κ3) is 1.63. The Labute approximate surface area is 75.6 Å². The van der Waals surface area contributed by atoms with Gasteiger partial charge in [0.25, 0.3) is 0 Å². The van der Waals surface area contributed by atoms with Crippen molar-refractivity contribution in [3.8, 4) is 0 Å². The van der Waals surface area contributed by atoms with Crippen molar-refractivity contribution in [2.45, 2.75) is 6.54 Å². The molecule has 1 aliphatic rings. The molecule has 70 valence electrons. The number of rotatable bonds is 2. The molecule has 5 nitrogen and oxygen atoms in total. The van der Waals surface area contributed by atoms with E-state index in [1.54, 1.807) is 6.20 Å². The predicted molar refractivity (Wildman–Crippen MR) is 45.3 cm³/mol. The lowest BCUT2D eigenvalue weighted by Gasteiger charge is -2.36. The van der Waals surface area contributed by atoms with E-state index in [0.29, 0.717) is 19.0 Å². The Morgan fingerprint density at radius 1 is 1.62 bits per heavy atom. The lowest BCUT2D eigenvalue weighted by atomic mass is 10.0. The molecule has 0 spiro atoms. The summed E-state index contributed by atoms with van der Waals surface area (Å²) in [4.78, 5) is 11.8. The van der Waals surface area contributed by atoms with Crippen LogP contribution in [0.4, 0.5) is 4.79 Å². The first-order valence-electron chi connectivity index (χ1n) is 4.21. The average molecular weight is 181 g/mol. The molecule has 1 saturated heterocycles. The zero-order valence-corrected chi connectivity index (χ0v) is 7.13. The summed E-state index contributed by atoms with van der Waals surface area (Å²) in [5.74, 6) is 0.427. The Hall–Kier alpha value is -1.52. The minimum absolute atomic E-state index is 0.427. The number of carboxylic acid groups (broad SMARTS) is 1. The van der Waals surface area contributed by atoms with Crippen LogP contribution in [-0.2, 0) is 6.54 Å². The highest BCUT2D eigenvalue weighted by Crippen LogP contribution is 2.16. The van der Waals surface area contributed by atoms with Crippen molar-refractivity contribution in [2.75, 3.05) is 13.1 Å². The van der Waals surface area contributed by atoms with Gasteiger partial charge in [-0.25, -0.2) is 4.79 Å². The fourth-order valence-corrected chi connectivity index (χ4v) is 1.51. The largest absolute Gasteiger partial charge is 0.465 e. The van der Waals surface area contributed by atoms with Crippen molar-refractivity contribution < 1.29 is 9.90 Å². The molecule has 1 aromatic rings. The molecule has 0 atom stereocenters. The molecule has 2 heterocycles. The van der Waals surface area contributed by atoms with Crippen molar-refractivity contribution in [1.29, 1.82) is 0 Å².